The molecule has 2 aromatic rings. The molecule has 0 aliphatic heterocycles. The molecule has 26 heavy (non-hydrogen) atoms. The number of carbonyl (C=O) groups excluding carboxylic acids is 1. The molecule has 0 atom stereocenters. The number of hydrogen-bond donors (Lipinski definition) is 3. The van der Waals surface area contributed by atoms with Crippen LogP contribution in [0, 0.1) is 6.92 Å². The molecule has 3 N–H and O–H groups in total. The van der Waals surface area contributed by atoms with Crippen LogP contribution in [-0.2, 0) is 11.0 Å². The van der Waals surface area contributed by atoms with Crippen molar-refractivity contribution in [2.75, 3.05) is 11.9 Å². The van der Waals surface area contributed by atoms with Crippen LogP contribution < -0.4 is 10.6 Å². The average molecular weight is 370 g/mol. The van der Waals surface area contributed by atoms with Gasteiger partial charge in [0, 0.05) is 19.0 Å². The Morgan fingerprint density at radius 1 is 1.27 bits per heavy atom. The predicted octanol–water partition coefficient (Wildman–Crippen LogP) is 3.19. The van der Waals surface area contributed by atoms with Crippen LogP contribution in [0.15, 0.2) is 30.3 Å². The third-order valence-electron chi connectivity index (χ3n) is 3.34. The number of urea groups is 1. The summed E-state index contributed by atoms with van der Waals surface area (Å²) in [6.07, 6.45) is -4.32. The van der Waals surface area contributed by atoms with Crippen molar-refractivity contribution in [2.24, 2.45) is 0 Å². The van der Waals surface area contributed by atoms with E-state index < -0.39 is 23.7 Å². The van der Waals surface area contributed by atoms with Crippen LogP contribution in [0.2, 0.25) is 0 Å². The lowest BCUT2D eigenvalue weighted by Gasteiger charge is -2.12. The van der Waals surface area contributed by atoms with Gasteiger partial charge in [0.25, 0.3) is 0 Å². The number of nitrogens with zero attached hydrogens (tertiary/aromatic N) is 2. The van der Waals surface area contributed by atoms with Gasteiger partial charge in [0.05, 0.1) is 16.9 Å². The van der Waals surface area contributed by atoms with Crippen molar-refractivity contribution in [3.63, 3.8) is 0 Å². The van der Waals surface area contributed by atoms with Crippen LogP contribution in [0.3, 0.4) is 0 Å². The second-order valence-corrected chi connectivity index (χ2v) is 5.51. The highest BCUT2D eigenvalue weighted by Gasteiger charge is 2.30. The first-order valence-electron chi connectivity index (χ1n) is 7.68. The fraction of sp³-hybridized carbons (Fsp3) is 0.312. The highest BCUT2D eigenvalue weighted by atomic mass is 19.4. The van der Waals surface area contributed by atoms with E-state index >= 15 is 0 Å². The van der Waals surface area contributed by atoms with E-state index in [4.69, 9.17) is 5.11 Å². The largest absolute Gasteiger partial charge is 0.481 e. The number of aryl methyl sites for hydroxylation is 1. The number of anilines is 1. The first-order chi connectivity index (χ1) is 12.2. The highest BCUT2D eigenvalue weighted by Crippen LogP contribution is 2.30. The quantitative estimate of drug-likeness (QED) is 0.681. The first kappa shape index (κ1) is 19.3. The van der Waals surface area contributed by atoms with E-state index in [-0.39, 0.29) is 30.9 Å². The monoisotopic (exact) mass is 370 g/mol. The molecule has 2 amide bonds. The van der Waals surface area contributed by atoms with Crippen LogP contribution in [0.4, 0.5) is 23.8 Å². The third kappa shape index (κ3) is 5.23. The molecule has 0 fully saturated rings. The normalized spacial score (nSPS) is 11.2. The van der Waals surface area contributed by atoms with Crippen molar-refractivity contribution in [3.8, 4) is 5.69 Å². The maximum absolute atomic E-state index is 12.9. The van der Waals surface area contributed by atoms with Crippen molar-refractivity contribution in [2.45, 2.75) is 25.9 Å². The molecule has 0 unspecified atom stereocenters. The number of hydrogen-bond acceptors (Lipinski definition) is 3. The van der Waals surface area contributed by atoms with Gasteiger partial charge in [0.2, 0.25) is 0 Å². The van der Waals surface area contributed by atoms with E-state index in [0.717, 1.165) is 12.1 Å². The number of halogens is 3. The van der Waals surface area contributed by atoms with E-state index in [2.05, 4.69) is 15.7 Å². The summed E-state index contributed by atoms with van der Waals surface area (Å²) in [5, 5.41) is 17.6. The molecule has 0 spiro atoms. The van der Waals surface area contributed by atoms with Gasteiger partial charge in [-0.25, -0.2) is 9.48 Å². The van der Waals surface area contributed by atoms with Gasteiger partial charge in [-0.05, 0) is 31.5 Å². The van der Waals surface area contributed by atoms with Crippen molar-refractivity contribution < 1.29 is 27.9 Å². The highest BCUT2D eigenvalue weighted by molar-refractivity contribution is 5.88. The summed E-state index contributed by atoms with van der Waals surface area (Å²) in [7, 11) is 0. The number of aromatic nitrogens is 2. The Morgan fingerprint density at radius 3 is 2.65 bits per heavy atom. The van der Waals surface area contributed by atoms with E-state index in [9.17, 15) is 22.8 Å². The minimum atomic E-state index is -4.49. The smallest absolute Gasteiger partial charge is 0.416 e. The third-order valence-corrected chi connectivity index (χ3v) is 3.34. The Bertz CT molecular complexity index is 802. The van der Waals surface area contributed by atoms with Crippen molar-refractivity contribution in [1.29, 1.82) is 0 Å². The summed E-state index contributed by atoms with van der Waals surface area (Å²) in [5.74, 6) is -0.775. The van der Waals surface area contributed by atoms with Crippen molar-refractivity contribution in [1.82, 2.24) is 15.1 Å². The standard InChI is InChI=1S/C16H17F3N4O3/c1-10-8-13(21-15(26)20-7-3-6-14(24)25)23(22-10)12-5-2-4-11(9-12)16(17,18)19/h2,4-5,8-9H,3,6-7H2,1H3,(H,24,25)(H2,20,21,26). The summed E-state index contributed by atoms with van der Waals surface area (Å²) >= 11 is 0. The number of rotatable bonds is 6. The number of aliphatic carboxylic acids is 1. The van der Waals surface area contributed by atoms with E-state index in [1.807, 2.05) is 0 Å². The molecule has 0 saturated carbocycles. The average Bonchev–Trinajstić information content (AvgIpc) is 2.91. The lowest BCUT2D eigenvalue weighted by molar-refractivity contribution is -0.138. The van der Waals surface area contributed by atoms with E-state index in [1.54, 1.807) is 6.92 Å². The molecule has 7 nitrogen and oxygen atoms in total. The van der Waals surface area contributed by atoms with Gasteiger partial charge >= 0.3 is 18.2 Å². The summed E-state index contributed by atoms with van der Waals surface area (Å²) in [4.78, 5) is 22.3. The zero-order valence-electron chi connectivity index (χ0n) is 13.8. The van der Waals surface area contributed by atoms with Gasteiger partial charge in [0.15, 0.2) is 0 Å². The van der Waals surface area contributed by atoms with E-state index in [0.29, 0.717) is 5.69 Å². The van der Waals surface area contributed by atoms with Crippen molar-refractivity contribution >= 4 is 17.8 Å². The van der Waals surface area contributed by atoms with Gasteiger partial charge in [-0.15, -0.1) is 0 Å². The molecule has 1 aromatic carbocycles. The zero-order chi connectivity index (χ0) is 19.3. The number of benzene rings is 1. The Kier molecular flexibility index (Phi) is 5.86. The molecule has 0 aliphatic rings. The van der Waals surface area contributed by atoms with Crippen LogP contribution in [0.25, 0.3) is 5.69 Å². The fourth-order valence-electron chi connectivity index (χ4n) is 2.20. The maximum Gasteiger partial charge on any atom is 0.416 e. The zero-order valence-corrected chi connectivity index (χ0v) is 13.8. The molecule has 10 heteroatoms. The Balaban J connectivity index is 2.13. The summed E-state index contributed by atoms with van der Waals surface area (Å²) in [5.41, 5.74) is -0.176. The number of carbonyl (C=O) groups is 2. The Hall–Kier alpha value is -3.04. The number of carboxylic acids is 1. The van der Waals surface area contributed by atoms with Crippen LogP contribution in [0.5, 0.6) is 0 Å². The molecule has 1 aromatic heterocycles. The number of alkyl halides is 3. The topological polar surface area (TPSA) is 96.3 Å². The Morgan fingerprint density at radius 2 is 2.00 bits per heavy atom. The lowest BCUT2D eigenvalue weighted by atomic mass is 10.2. The van der Waals surface area contributed by atoms with E-state index in [1.165, 1.54) is 22.9 Å². The van der Waals surface area contributed by atoms with Crippen LogP contribution in [-0.4, -0.2) is 33.4 Å². The molecular formula is C16H17F3N4O3. The molecule has 0 saturated heterocycles. The minimum Gasteiger partial charge on any atom is -0.481 e. The number of amides is 2. The second-order valence-electron chi connectivity index (χ2n) is 5.51. The fourth-order valence-corrected chi connectivity index (χ4v) is 2.20. The van der Waals surface area contributed by atoms with Crippen LogP contribution >= 0.6 is 0 Å². The van der Waals surface area contributed by atoms with Crippen molar-refractivity contribution in [3.05, 3.63) is 41.6 Å². The first-order valence-corrected chi connectivity index (χ1v) is 7.68. The molecule has 1 heterocycles. The summed E-state index contributed by atoms with van der Waals surface area (Å²) in [6.45, 7) is 1.79. The molecular weight excluding hydrogens is 353 g/mol. The van der Waals surface area contributed by atoms with Gasteiger partial charge in [-0.3, -0.25) is 10.1 Å². The SMILES string of the molecule is Cc1cc(NC(=O)NCCCC(=O)O)n(-c2cccc(C(F)(F)F)c2)n1. The van der Waals surface area contributed by atoms with Gasteiger partial charge < -0.3 is 10.4 Å². The Labute approximate surface area is 146 Å². The summed E-state index contributed by atoms with van der Waals surface area (Å²) in [6, 6.07) is 5.48. The molecule has 2 rings (SSSR count). The molecule has 0 radical (unpaired) electrons. The maximum atomic E-state index is 12.9. The van der Waals surface area contributed by atoms with Gasteiger partial charge in [-0.2, -0.15) is 18.3 Å². The van der Waals surface area contributed by atoms with Gasteiger partial charge in [-0.1, -0.05) is 6.07 Å². The molecule has 0 bridgehead atoms. The molecule has 0 aliphatic carbocycles. The number of nitrogens with one attached hydrogen (secondary N) is 2. The van der Waals surface area contributed by atoms with Crippen LogP contribution in [0.1, 0.15) is 24.1 Å². The number of carboxylic acid groups (broad SMARTS) is 1. The van der Waals surface area contributed by atoms with Gasteiger partial charge in [0.1, 0.15) is 5.82 Å². The summed E-state index contributed by atoms with van der Waals surface area (Å²) < 4.78 is 39.8. The molecule has 140 valence electrons. The lowest BCUT2D eigenvalue weighted by Crippen LogP contribution is -2.30. The minimum absolute atomic E-state index is 0.0818. The predicted molar refractivity (Wildman–Crippen MR) is 87.2 cm³/mol. The second kappa shape index (κ2) is 7.89.